The smallest absolute Gasteiger partial charge is 0.420 e. The van der Waals surface area contributed by atoms with E-state index in [1.807, 2.05) is 0 Å². The first-order valence-corrected chi connectivity index (χ1v) is 8.60. The molecular formula is C18H25F3O3. The number of ether oxygens (including phenoxy) is 1. The van der Waals surface area contributed by atoms with Crippen LogP contribution in [-0.2, 0) is 9.53 Å². The minimum Gasteiger partial charge on any atom is -0.455 e. The lowest BCUT2D eigenvalue weighted by molar-refractivity contribution is -0.311. The van der Waals surface area contributed by atoms with Crippen LogP contribution in [0.25, 0.3) is 0 Å². The Labute approximate surface area is 140 Å². The number of halogens is 3. The highest BCUT2D eigenvalue weighted by molar-refractivity contribution is 5.87. The van der Waals surface area contributed by atoms with Gasteiger partial charge in [0.15, 0.2) is 5.60 Å². The maximum atomic E-state index is 13.6. The van der Waals surface area contributed by atoms with Gasteiger partial charge in [0, 0.05) is 11.0 Å². The normalized spacial score (nSPS) is 38.5. The second-order valence-corrected chi connectivity index (χ2v) is 8.49. The van der Waals surface area contributed by atoms with Crippen LogP contribution >= 0.6 is 0 Å². The van der Waals surface area contributed by atoms with Crippen LogP contribution in [0.15, 0.2) is 12.2 Å². The topological polar surface area (TPSA) is 46.5 Å². The van der Waals surface area contributed by atoms with Gasteiger partial charge in [-0.2, -0.15) is 13.2 Å². The lowest BCUT2D eigenvalue weighted by Gasteiger charge is -2.60. The Kier molecular flexibility index (Phi) is 4.06. The molecule has 4 aliphatic carbocycles. The zero-order chi connectivity index (χ0) is 17.9. The number of rotatable bonds is 4. The second-order valence-electron chi connectivity index (χ2n) is 8.49. The van der Waals surface area contributed by atoms with Gasteiger partial charge >= 0.3 is 12.1 Å². The van der Waals surface area contributed by atoms with Crippen molar-refractivity contribution in [2.45, 2.75) is 70.3 Å². The quantitative estimate of drug-likeness (QED) is 0.618. The molecule has 0 aromatic rings. The number of hydrogen-bond donors (Lipinski definition) is 1. The fraction of sp³-hybridized carbons (Fsp3) is 0.833. The van der Waals surface area contributed by atoms with E-state index in [4.69, 9.17) is 4.74 Å². The predicted molar refractivity (Wildman–Crippen MR) is 82.0 cm³/mol. The number of carbonyl (C=O) groups excluding carboxylic acids is 1. The molecule has 1 N–H and O–H groups in total. The molecular weight excluding hydrogens is 321 g/mol. The molecule has 24 heavy (non-hydrogen) atoms. The Bertz CT molecular complexity index is 515. The summed E-state index contributed by atoms with van der Waals surface area (Å²) in [7, 11) is 0. The molecule has 2 atom stereocenters. The molecule has 3 nitrogen and oxygen atoms in total. The summed E-state index contributed by atoms with van der Waals surface area (Å²) in [6.07, 6.45) is -1.51. The Morgan fingerprint density at radius 1 is 1.17 bits per heavy atom. The van der Waals surface area contributed by atoms with E-state index >= 15 is 0 Å². The largest absolute Gasteiger partial charge is 0.455 e. The second kappa shape index (κ2) is 5.48. The highest BCUT2D eigenvalue weighted by Crippen LogP contribution is 2.63. The number of hydrogen-bond acceptors (Lipinski definition) is 3. The number of alkyl halides is 3. The third-order valence-electron chi connectivity index (χ3n) is 6.30. The van der Waals surface area contributed by atoms with Crippen LogP contribution in [0.2, 0.25) is 0 Å². The van der Waals surface area contributed by atoms with Crippen LogP contribution in [0.3, 0.4) is 0 Å². The summed E-state index contributed by atoms with van der Waals surface area (Å²) in [5.74, 6) is 0.282. The fourth-order valence-corrected chi connectivity index (χ4v) is 5.69. The molecule has 0 spiro atoms. The average Bonchev–Trinajstić information content (AvgIpc) is 2.41. The van der Waals surface area contributed by atoms with E-state index in [1.165, 1.54) is 6.92 Å². The zero-order valence-corrected chi connectivity index (χ0v) is 14.2. The first-order valence-electron chi connectivity index (χ1n) is 8.60. The summed E-state index contributed by atoms with van der Waals surface area (Å²) in [4.78, 5) is 12.0. The third kappa shape index (κ3) is 2.76. The highest BCUT2D eigenvalue weighted by Gasteiger charge is 2.66. The molecule has 2 unspecified atom stereocenters. The molecule has 4 bridgehead atoms. The molecule has 0 radical (unpaired) electrons. The van der Waals surface area contributed by atoms with Gasteiger partial charge < -0.3 is 9.84 Å². The molecule has 4 saturated carbocycles. The van der Waals surface area contributed by atoms with Crippen LogP contribution in [0.1, 0.15) is 52.4 Å². The fourth-order valence-electron chi connectivity index (χ4n) is 5.69. The SMILES string of the molecule is C=C(C)C(=O)OC(C12CC3CC(CC(C3)C1)C2)C(C)(O)C(F)(F)F. The van der Waals surface area contributed by atoms with Crippen LogP contribution in [0.5, 0.6) is 0 Å². The van der Waals surface area contributed by atoms with Gasteiger partial charge in [-0.15, -0.1) is 0 Å². The first-order chi connectivity index (χ1) is 10.9. The summed E-state index contributed by atoms with van der Waals surface area (Å²) in [6.45, 7) is 5.60. The summed E-state index contributed by atoms with van der Waals surface area (Å²) in [6, 6.07) is 0. The third-order valence-corrected chi connectivity index (χ3v) is 6.30. The number of aliphatic hydroxyl groups is 1. The van der Waals surface area contributed by atoms with Crippen molar-refractivity contribution in [2.24, 2.45) is 23.2 Å². The van der Waals surface area contributed by atoms with Gasteiger partial charge in [0.1, 0.15) is 6.10 Å². The number of esters is 1. The van der Waals surface area contributed by atoms with Crippen molar-refractivity contribution >= 4 is 5.97 Å². The van der Waals surface area contributed by atoms with Gasteiger partial charge in [-0.05, 0) is 70.1 Å². The van der Waals surface area contributed by atoms with Crippen molar-refractivity contribution in [3.63, 3.8) is 0 Å². The van der Waals surface area contributed by atoms with Crippen LogP contribution < -0.4 is 0 Å². The van der Waals surface area contributed by atoms with Gasteiger partial charge in [0.2, 0.25) is 0 Å². The van der Waals surface area contributed by atoms with Crippen LogP contribution in [0.4, 0.5) is 13.2 Å². The molecule has 4 rings (SSSR count). The van der Waals surface area contributed by atoms with Crippen molar-refractivity contribution in [3.8, 4) is 0 Å². The summed E-state index contributed by atoms with van der Waals surface area (Å²) >= 11 is 0. The van der Waals surface area contributed by atoms with Crippen molar-refractivity contribution in [2.75, 3.05) is 0 Å². The van der Waals surface area contributed by atoms with Crippen molar-refractivity contribution in [1.82, 2.24) is 0 Å². The van der Waals surface area contributed by atoms with Gasteiger partial charge in [-0.3, -0.25) is 0 Å². The van der Waals surface area contributed by atoms with Gasteiger partial charge in [-0.25, -0.2) is 4.79 Å². The van der Waals surface area contributed by atoms with Crippen molar-refractivity contribution in [1.29, 1.82) is 0 Å². The maximum absolute atomic E-state index is 13.6. The first kappa shape index (κ1) is 17.8. The number of carbonyl (C=O) groups is 1. The maximum Gasteiger partial charge on any atom is 0.420 e. The van der Waals surface area contributed by atoms with Gasteiger partial charge in [0.05, 0.1) is 0 Å². The Balaban J connectivity index is 1.98. The Morgan fingerprint density at radius 3 is 1.92 bits per heavy atom. The van der Waals surface area contributed by atoms with Crippen LogP contribution in [0, 0.1) is 23.2 Å². The Hall–Kier alpha value is -1.04. The molecule has 0 heterocycles. The molecule has 0 saturated heterocycles. The minimum absolute atomic E-state index is 0.0442. The molecule has 136 valence electrons. The molecule has 0 aromatic heterocycles. The molecule has 4 aliphatic rings. The average molecular weight is 346 g/mol. The van der Waals surface area contributed by atoms with E-state index in [0.717, 1.165) is 26.2 Å². The summed E-state index contributed by atoms with van der Waals surface area (Å²) in [5.41, 5.74) is -3.80. The zero-order valence-electron chi connectivity index (χ0n) is 14.2. The summed E-state index contributed by atoms with van der Waals surface area (Å²) in [5, 5.41) is 10.4. The van der Waals surface area contributed by atoms with E-state index < -0.39 is 29.3 Å². The predicted octanol–water partition coefficient (Wildman–Crippen LogP) is 4.00. The van der Waals surface area contributed by atoms with Crippen molar-refractivity contribution < 1.29 is 27.8 Å². The monoisotopic (exact) mass is 346 g/mol. The minimum atomic E-state index is -4.86. The lowest BCUT2D eigenvalue weighted by Crippen LogP contribution is -2.64. The van der Waals surface area contributed by atoms with E-state index in [2.05, 4.69) is 6.58 Å². The Morgan fingerprint density at radius 2 is 1.58 bits per heavy atom. The van der Waals surface area contributed by atoms with E-state index in [1.54, 1.807) is 0 Å². The summed E-state index contributed by atoms with van der Waals surface area (Å²) < 4.78 is 45.9. The van der Waals surface area contributed by atoms with Crippen LogP contribution in [-0.4, -0.2) is 29.0 Å². The van der Waals surface area contributed by atoms with E-state index in [0.29, 0.717) is 37.0 Å². The van der Waals surface area contributed by atoms with E-state index in [9.17, 15) is 23.1 Å². The highest BCUT2D eigenvalue weighted by atomic mass is 19.4. The molecule has 0 amide bonds. The molecule has 6 heteroatoms. The van der Waals surface area contributed by atoms with Gasteiger partial charge in [-0.1, -0.05) is 6.58 Å². The molecule has 0 aromatic carbocycles. The molecule has 4 fully saturated rings. The van der Waals surface area contributed by atoms with E-state index in [-0.39, 0.29) is 5.57 Å². The lowest BCUT2D eigenvalue weighted by atomic mass is 9.47. The standard InChI is InChI=1S/C18H25F3O3/c1-10(2)14(22)24-15(16(3,23)18(19,20)21)17-7-11-4-12(8-17)6-13(5-11)9-17/h11-13,15,23H,1,4-9H2,2-3H3. The van der Waals surface area contributed by atoms with Crippen molar-refractivity contribution in [3.05, 3.63) is 12.2 Å². The van der Waals surface area contributed by atoms with Gasteiger partial charge in [0.25, 0.3) is 0 Å². The molecule has 0 aliphatic heterocycles.